The van der Waals surface area contributed by atoms with E-state index in [2.05, 4.69) is 15.6 Å². The highest BCUT2D eigenvalue weighted by Gasteiger charge is 2.08. The van der Waals surface area contributed by atoms with Crippen molar-refractivity contribution in [2.45, 2.75) is 6.92 Å². The minimum absolute atomic E-state index is 0.145. The average Bonchev–Trinajstić information content (AvgIpc) is 2.73. The number of pyridine rings is 1. The molecule has 28 heavy (non-hydrogen) atoms. The number of methoxy groups -OCH3 is 1. The minimum Gasteiger partial charge on any atom is -0.497 e. The normalized spacial score (nSPS) is 10.2. The second-order valence-electron chi connectivity index (χ2n) is 6.15. The number of aryl methyl sites for hydroxylation is 1. The number of ether oxygens (including phenoxy) is 2. The van der Waals surface area contributed by atoms with Crippen molar-refractivity contribution in [2.24, 2.45) is 0 Å². The molecule has 1 heterocycles. The van der Waals surface area contributed by atoms with E-state index in [9.17, 15) is 4.79 Å². The van der Waals surface area contributed by atoms with Gasteiger partial charge in [0.15, 0.2) is 0 Å². The van der Waals surface area contributed by atoms with Crippen molar-refractivity contribution in [3.05, 3.63) is 78.0 Å². The molecule has 2 N–H and O–H groups in total. The van der Waals surface area contributed by atoms with Crippen LogP contribution in [-0.4, -0.2) is 31.2 Å². The number of nitrogens with one attached hydrogen (secondary N) is 2. The van der Waals surface area contributed by atoms with Crippen molar-refractivity contribution in [3.63, 3.8) is 0 Å². The summed E-state index contributed by atoms with van der Waals surface area (Å²) in [5.41, 5.74) is 2.23. The summed E-state index contributed by atoms with van der Waals surface area (Å²) in [6.45, 7) is 3.02. The standard InChI is InChI=1S/C22H23N3O3/c1-16-5-3-4-6-20(16)22(26)25-17-7-12-21(24-15-17)23-13-14-28-19-10-8-18(27-2)9-11-19/h3-12,15H,13-14H2,1-2H3,(H,23,24)(H,25,26). The average molecular weight is 377 g/mol. The molecule has 0 aliphatic carbocycles. The van der Waals surface area contributed by atoms with Crippen LogP contribution in [0.3, 0.4) is 0 Å². The lowest BCUT2D eigenvalue weighted by Crippen LogP contribution is -2.14. The molecule has 1 amide bonds. The Morgan fingerprint density at radius 3 is 2.43 bits per heavy atom. The number of aromatic nitrogens is 1. The zero-order valence-corrected chi connectivity index (χ0v) is 15.9. The van der Waals surface area contributed by atoms with Crippen molar-refractivity contribution in [3.8, 4) is 11.5 Å². The Morgan fingerprint density at radius 1 is 1.00 bits per heavy atom. The maximum atomic E-state index is 12.3. The van der Waals surface area contributed by atoms with E-state index < -0.39 is 0 Å². The van der Waals surface area contributed by atoms with Crippen LogP contribution in [0.1, 0.15) is 15.9 Å². The van der Waals surface area contributed by atoms with Gasteiger partial charge in [-0.15, -0.1) is 0 Å². The predicted molar refractivity (Wildman–Crippen MR) is 110 cm³/mol. The smallest absolute Gasteiger partial charge is 0.255 e. The molecule has 0 aliphatic heterocycles. The van der Waals surface area contributed by atoms with Gasteiger partial charge in [0.1, 0.15) is 23.9 Å². The van der Waals surface area contributed by atoms with Crippen LogP contribution in [0.2, 0.25) is 0 Å². The largest absolute Gasteiger partial charge is 0.497 e. The Labute approximate surface area is 164 Å². The molecule has 0 unspecified atom stereocenters. The summed E-state index contributed by atoms with van der Waals surface area (Å²) >= 11 is 0. The first kappa shape index (κ1) is 19.2. The fourth-order valence-electron chi connectivity index (χ4n) is 2.62. The maximum absolute atomic E-state index is 12.3. The monoisotopic (exact) mass is 377 g/mol. The summed E-state index contributed by atoms with van der Waals surface area (Å²) in [5.74, 6) is 2.15. The Balaban J connectivity index is 1.45. The third-order valence-electron chi connectivity index (χ3n) is 4.15. The zero-order valence-electron chi connectivity index (χ0n) is 15.9. The Bertz CT molecular complexity index is 909. The molecule has 6 heteroatoms. The number of benzene rings is 2. The van der Waals surface area contributed by atoms with Crippen LogP contribution in [0.4, 0.5) is 11.5 Å². The topological polar surface area (TPSA) is 72.5 Å². The van der Waals surface area contributed by atoms with Crippen LogP contribution < -0.4 is 20.1 Å². The van der Waals surface area contributed by atoms with E-state index in [1.807, 2.05) is 61.5 Å². The molecule has 6 nitrogen and oxygen atoms in total. The van der Waals surface area contributed by atoms with Crippen molar-refractivity contribution < 1.29 is 14.3 Å². The second-order valence-corrected chi connectivity index (χ2v) is 6.15. The third-order valence-corrected chi connectivity index (χ3v) is 4.15. The zero-order chi connectivity index (χ0) is 19.8. The molecule has 0 atom stereocenters. The number of rotatable bonds is 8. The number of nitrogens with zero attached hydrogens (tertiary/aromatic N) is 1. The van der Waals surface area contributed by atoms with Gasteiger partial charge in [0.25, 0.3) is 5.91 Å². The van der Waals surface area contributed by atoms with E-state index in [0.717, 1.165) is 17.1 Å². The Kier molecular flexibility index (Phi) is 6.46. The predicted octanol–water partition coefficient (Wildman–Crippen LogP) is 4.14. The molecule has 0 bridgehead atoms. The van der Waals surface area contributed by atoms with Crippen LogP contribution in [0.25, 0.3) is 0 Å². The molecule has 0 saturated carbocycles. The van der Waals surface area contributed by atoms with Crippen LogP contribution >= 0.6 is 0 Å². The van der Waals surface area contributed by atoms with Gasteiger partial charge in [-0.05, 0) is 55.0 Å². The van der Waals surface area contributed by atoms with E-state index in [4.69, 9.17) is 9.47 Å². The van der Waals surface area contributed by atoms with Crippen LogP contribution in [0.5, 0.6) is 11.5 Å². The van der Waals surface area contributed by atoms with Gasteiger partial charge in [0, 0.05) is 5.56 Å². The fourth-order valence-corrected chi connectivity index (χ4v) is 2.62. The van der Waals surface area contributed by atoms with Gasteiger partial charge < -0.3 is 20.1 Å². The highest BCUT2D eigenvalue weighted by Crippen LogP contribution is 2.17. The van der Waals surface area contributed by atoms with E-state index >= 15 is 0 Å². The van der Waals surface area contributed by atoms with E-state index in [1.54, 1.807) is 19.4 Å². The van der Waals surface area contributed by atoms with Gasteiger partial charge in [0.05, 0.1) is 25.5 Å². The molecule has 2 aromatic carbocycles. The second kappa shape index (κ2) is 9.41. The summed E-state index contributed by atoms with van der Waals surface area (Å²) < 4.78 is 10.8. The minimum atomic E-state index is -0.145. The van der Waals surface area contributed by atoms with Gasteiger partial charge in [-0.25, -0.2) is 4.98 Å². The van der Waals surface area contributed by atoms with Crippen LogP contribution in [-0.2, 0) is 0 Å². The molecule has 3 aromatic rings. The number of carbonyl (C=O) groups is 1. The summed E-state index contributed by atoms with van der Waals surface area (Å²) in [7, 11) is 1.63. The van der Waals surface area contributed by atoms with Crippen molar-refractivity contribution in [2.75, 3.05) is 30.9 Å². The Hall–Kier alpha value is -3.54. The van der Waals surface area contributed by atoms with E-state index in [1.165, 1.54) is 0 Å². The number of amides is 1. The van der Waals surface area contributed by atoms with E-state index in [-0.39, 0.29) is 5.91 Å². The Morgan fingerprint density at radius 2 is 1.75 bits per heavy atom. The highest BCUT2D eigenvalue weighted by atomic mass is 16.5. The first-order valence-corrected chi connectivity index (χ1v) is 8.99. The van der Waals surface area contributed by atoms with Gasteiger partial charge in [0.2, 0.25) is 0 Å². The van der Waals surface area contributed by atoms with Crippen LogP contribution in [0, 0.1) is 6.92 Å². The maximum Gasteiger partial charge on any atom is 0.255 e. The molecular weight excluding hydrogens is 354 g/mol. The summed E-state index contributed by atoms with van der Waals surface area (Å²) in [6, 6.07) is 18.5. The molecule has 144 valence electrons. The molecule has 0 aliphatic rings. The summed E-state index contributed by atoms with van der Waals surface area (Å²) in [6.07, 6.45) is 1.63. The molecular formula is C22H23N3O3. The lowest BCUT2D eigenvalue weighted by molar-refractivity contribution is 0.102. The van der Waals surface area contributed by atoms with Crippen molar-refractivity contribution in [1.29, 1.82) is 0 Å². The van der Waals surface area contributed by atoms with Crippen molar-refractivity contribution in [1.82, 2.24) is 4.98 Å². The highest BCUT2D eigenvalue weighted by molar-refractivity contribution is 6.05. The number of hydrogen-bond acceptors (Lipinski definition) is 5. The molecule has 1 aromatic heterocycles. The summed E-state index contributed by atoms with van der Waals surface area (Å²) in [4.78, 5) is 16.6. The lowest BCUT2D eigenvalue weighted by Gasteiger charge is -2.10. The van der Waals surface area contributed by atoms with Gasteiger partial charge in [-0.3, -0.25) is 4.79 Å². The first-order chi connectivity index (χ1) is 13.7. The third kappa shape index (κ3) is 5.23. The van der Waals surface area contributed by atoms with Gasteiger partial charge in [-0.2, -0.15) is 0 Å². The quantitative estimate of drug-likeness (QED) is 0.577. The molecule has 0 radical (unpaired) electrons. The fraction of sp³-hybridized carbons (Fsp3) is 0.182. The SMILES string of the molecule is COc1ccc(OCCNc2ccc(NC(=O)c3ccccc3C)cn2)cc1. The molecule has 3 rings (SSSR count). The van der Waals surface area contributed by atoms with Gasteiger partial charge >= 0.3 is 0 Å². The van der Waals surface area contributed by atoms with Gasteiger partial charge in [-0.1, -0.05) is 18.2 Å². The molecule has 0 fully saturated rings. The lowest BCUT2D eigenvalue weighted by atomic mass is 10.1. The summed E-state index contributed by atoms with van der Waals surface area (Å²) in [5, 5.41) is 6.05. The van der Waals surface area contributed by atoms with E-state index in [0.29, 0.717) is 30.2 Å². The van der Waals surface area contributed by atoms with Crippen molar-refractivity contribution >= 4 is 17.4 Å². The first-order valence-electron chi connectivity index (χ1n) is 8.99. The molecule has 0 saturated heterocycles. The molecule has 0 spiro atoms. The number of carbonyl (C=O) groups excluding carboxylic acids is 1. The number of anilines is 2. The van der Waals surface area contributed by atoms with Crippen LogP contribution in [0.15, 0.2) is 66.9 Å². The number of hydrogen-bond donors (Lipinski definition) is 2.